The predicted molar refractivity (Wildman–Crippen MR) is 90.5 cm³/mol. The number of carbonyl (C=O) groups excluding carboxylic acids is 1. The van der Waals surface area contributed by atoms with E-state index in [1.54, 1.807) is 14.0 Å². The zero-order valence-electron chi connectivity index (χ0n) is 14.4. The number of hydrogen-bond acceptors (Lipinski definition) is 4. The van der Waals surface area contributed by atoms with Crippen LogP contribution in [0.4, 0.5) is 0 Å². The average Bonchev–Trinajstić information content (AvgIpc) is 2.55. The van der Waals surface area contributed by atoms with Crippen molar-refractivity contribution >= 4 is 5.91 Å². The fraction of sp³-hybridized carbons (Fsp3) is 0.611. The smallest absolute Gasteiger partial charge is 0.219 e. The van der Waals surface area contributed by atoms with Gasteiger partial charge in [-0.3, -0.25) is 4.79 Å². The number of benzene rings is 1. The Morgan fingerprint density at radius 2 is 2.04 bits per heavy atom. The fourth-order valence-electron chi connectivity index (χ4n) is 2.93. The standard InChI is InChI=1S/C18H28N2O3/c1-14-13-20(15(2)21)9-8-18(14)19-12-16-4-6-17(7-5-16)23-11-10-22-3/h4-7,14,18-19H,8-13H2,1-3H3/t14-,18+/m1/s1. The molecular formula is C18H28N2O3. The molecule has 0 aliphatic carbocycles. The van der Waals surface area contributed by atoms with Crippen molar-refractivity contribution in [1.29, 1.82) is 0 Å². The second-order valence-electron chi connectivity index (χ2n) is 6.20. The monoisotopic (exact) mass is 320 g/mol. The maximum absolute atomic E-state index is 11.4. The summed E-state index contributed by atoms with van der Waals surface area (Å²) in [5.41, 5.74) is 1.24. The molecule has 1 amide bonds. The highest BCUT2D eigenvalue weighted by Gasteiger charge is 2.26. The van der Waals surface area contributed by atoms with Crippen LogP contribution in [-0.4, -0.2) is 50.3 Å². The molecule has 1 saturated heterocycles. The summed E-state index contributed by atoms with van der Waals surface area (Å²) in [6.45, 7) is 7.56. The normalized spacial score (nSPS) is 21.3. The second kappa shape index (κ2) is 8.89. The highest BCUT2D eigenvalue weighted by molar-refractivity contribution is 5.73. The zero-order chi connectivity index (χ0) is 16.7. The summed E-state index contributed by atoms with van der Waals surface area (Å²) >= 11 is 0. The van der Waals surface area contributed by atoms with Crippen LogP contribution in [0, 0.1) is 5.92 Å². The van der Waals surface area contributed by atoms with E-state index in [9.17, 15) is 4.79 Å². The Bertz CT molecular complexity index is 490. The molecule has 1 fully saturated rings. The number of nitrogens with one attached hydrogen (secondary N) is 1. The highest BCUT2D eigenvalue weighted by Crippen LogP contribution is 2.18. The van der Waals surface area contributed by atoms with Gasteiger partial charge < -0.3 is 19.7 Å². The number of rotatable bonds is 7. The van der Waals surface area contributed by atoms with E-state index in [4.69, 9.17) is 9.47 Å². The summed E-state index contributed by atoms with van der Waals surface area (Å²) in [7, 11) is 1.67. The van der Waals surface area contributed by atoms with Crippen molar-refractivity contribution in [3.63, 3.8) is 0 Å². The Morgan fingerprint density at radius 1 is 1.30 bits per heavy atom. The van der Waals surface area contributed by atoms with Crippen molar-refractivity contribution in [2.24, 2.45) is 5.92 Å². The van der Waals surface area contributed by atoms with Gasteiger partial charge in [0.15, 0.2) is 0 Å². The predicted octanol–water partition coefficient (Wildman–Crippen LogP) is 2.06. The zero-order valence-corrected chi connectivity index (χ0v) is 14.4. The van der Waals surface area contributed by atoms with E-state index in [0.717, 1.165) is 31.8 Å². The number of ether oxygens (including phenoxy) is 2. The van der Waals surface area contributed by atoms with Gasteiger partial charge in [0.05, 0.1) is 6.61 Å². The lowest BCUT2D eigenvalue weighted by molar-refractivity contribution is -0.130. The van der Waals surface area contributed by atoms with Crippen molar-refractivity contribution in [3.8, 4) is 5.75 Å². The number of piperidine rings is 1. The number of hydrogen-bond donors (Lipinski definition) is 1. The maximum Gasteiger partial charge on any atom is 0.219 e. The topological polar surface area (TPSA) is 50.8 Å². The van der Waals surface area contributed by atoms with E-state index >= 15 is 0 Å². The summed E-state index contributed by atoms with van der Waals surface area (Å²) in [6, 6.07) is 8.63. The lowest BCUT2D eigenvalue weighted by Gasteiger charge is -2.37. The molecule has 1 heterocycles. The van der Waals surface area contributed by atoms with Gasteiger partial charge >= 0.3 is 0 Å². The number of methoxy groups -OCH3 is 1. The van der Waals surface area contributed by atoms with E-state index in [1.807, 2.05) is 17.0 Å². The van der Waals surface area contributed by atoms with Gasteiger partial charge in [-0.1, -0.05) is 19.1 Å². The molecule has 2 atom stereocenters. The molecule has 1 N–H and O–H groups in total. The van der Waals surface area contributed by atoms with E-state index < -0.39 is 0 Å². The second-order valence-corrected chi connectivity index (χ2v) is 6.20. The van der Waals surface area contributed by atoms with Gasteiger partial charge in [-0.25, -0.2) is 0 Å². The Hall–Kier alpha value is -1.59. The molecule has 0 spiro atoms. The Balaban J connectivity index is 1.76. The van der Waals surface area contributed by atoms with Crippen molar-refractivity contribution in [3.05, 3.63) is 29.8 Å². The van der Waals surface area contributed by atoms with E-state index in [0.29, 0.717) is 25.2 Å². The summed E-state index contributed by atoms with van der Waals surface area (Å²) in [5.74, 6) is 1.53. The van der Waals surface area contributed by atoms with Crippen molar-refractivity contribution in [2.45, 2.75) is 32.9 Å². The number of carbonyl (C=O) groups is 1. The Labute approximate surface area is 139 Å². The molecule has 0 bridgehead atoms. The SMILES string of the molecule is COCCOc1ccc(CN[C@H]2CCN(C(C)=O)C[C@H]2C)cc1. The molecule has 1 aliphatic rings. The van der Waals surface area contributed by atoms with Gasteiger partial charge in [0.25, 0.3) is 0 Å². The van der Waals surface area contributed by atoms with Crippen molar-refractivity contribution in [2.75, 3.05) is 33.4 Å². The third-order valence-corrected chi connectivity index (χ3v) is 4.40. The average molecular weight is 320 g/mol. The van der Waals surface area contributed by atoms with Crippen LogP contribution in [0.15, 0.2) is 24.3 Å². The number of likely N-dealkylation sites (tertiary alicyclic amines) is 1. The van der Waals surface area contributed by atoms with E-state index in [1.165, 1.54) is 5.56 Å². The van der Waals surface area contributed by atoms with Crippen LogP contribution in [-0.2, 0) is 16.1 Å². The first-order valence-corrected chi connectivity index (χ1v) is 8.29. The molecule has 1 aromatic carbocycles. The van der Waals surface area contributed by atoms with Crippen LogP contribution in [0.1, 0.15) is 25.8 Å². The third-order valence-electron chi connectivity index (χ3n) is 4.40. The molecule has 1 aromatic rings. The summed E-state index contributed by atoms with van der Waals surface area (Å²) in [4.78, 5) is 13.4. The molecule has 0 unspecified atom stereocenters. The first-order chi connectivity index (χ1) is 11.1. The molecule has 5 nitrogen and oxygen atoms in total. The minimum absolute atomic E-state index is 0.180. The van der Waals surface area contributed by atoms with Crippen LogP contribution in [0.25, 0.3) is 0 Å². The fourth-order valence-corrected chi connectivity index (χ4v) is 2.93. The third kappa shape index (κ3) is 5.52. The van der Waals surface area contributed by atoms with Crippen LogP contribution in [0.5, 0.6) is 5.75 Å². The molecule has 0 radical (unpaired) electrons. The Morgan fingerprint density at radius 3 is 2.65 bits per heavy atom. The lowest BCUT2D eigenvalue weighted by atomic mass is 9.93. The van der Waals surface area contributed by atoms with Crippen molar-refractivity contribution < 1.29 is 14.3 Å². The van der Waals surface area contributed by atoms with Crippen molar-refractivity contribution in [1.82, 2.24) is 10.2 Å². The van der Waals surface area contributed by atoms with Crippen LogP contribution >= 0.6 is 0 Å². The largest absolute Gasteiger partial charge is 0.491 e. The van der Waals surface area contributed by atoms with Crippen LogP contribution < -0.4 is 10.1 Å². The first kappa shape index (κ1) is 17.8. The van der Waals surface area contributed by atoms with Gasteiger partial charge in [0.2, 0.25) is 5.91 Å². The highest BCUT2D eigenvalue weighted by atomic mass is 16.5. The lowest BCUT2D eigenvalue weighted by Crippen LogP contribution is -2.49. The van der Waals surface area contributed by atoms with Gasteiger partial charge in [-0.2, -0.15) is 0 Å². The molecule has 0 saturated carbocycles. The first-order valence-electron chi connectivity index (χ1n) is 8.29. The van der Waals surface area contributed by atoms with E-state index in [-0.39, 0.29) is 5.91 Å². The minimum Gasteiger partial charge on any atom is -0.491 e. The quantitative estimate of drug-likeness (QED) is 0.781. The molecule has 2 rings (SSSR count). The number of nitrogens with zero attached hydrogens (tertiary/aromatic N) is 1. The van der Waals surface area contributed by atoms with Gasteiger partial charge in [0.1, 0.15) is 12.4 Å². The van der Waals surface area contributed by atoms with Gasteiger partial charge in [-0.05, 0) is 30.0 Å². The molecule has 23 heavy (non-hydrogen) atoms. The van der Waals surface area contributed by atoms with E-state index in [2.05, 4.69) is 24.4 Å². The van der Waals surface area contributed by atoms with Crippen LogP contribution in [0.2, 0.25) is 0 Å². The maximum atomic E-state index is 11.4. The molecule has 1 aliphatic heterocycles. The minimum atomic E-state index is 0.180. The summed E-state index contributed by atoms with van der Waals surface area (Å²) in [6.07, 6.45) is 1.01. The van der Waals surface area contributed by atoms with Crippen LogP contribution in [0.3, 0.4) is 0 Å². The number of amides is 1. The van der Waals surface area contributed by atoms with Gasteiger partial charge in [-0.15, -0.1) is 0 Å². The Kier molecular flexibility index (Phi) is 6.86. The molecular weight excluding hydrogens is 292 g/mol. The molecule has 0 aromatic heterocycles. The molecule has 5 heteroatoms. The molecule has 128 valence electrons. The van der Waals surface area contributed by atoms with Gasteiger partial charge in [0, 0.05) is 39.7 Å². The summed E-state index contributed by atoms with van der Waals surface area (Å²) in [5, 5.41) is 3.62. The summed E-state index contributed by atoms with van der Waals surface area (Å²) < 4.78 is 10.5.